The summed E-state index contributed by atoms with van der Waals surface area (Å²) in [6, 6.07) is 22.0. The fourth-order valence-electron chi connectivity index (χ4n) is 2.85. The smallest absolute Gasteiger partial charge is 0.275 e. The molecule has 158 valence electrons. The third kappa shape index (κ3) is 6.17. The van der Waals surface area contributed by atoms with Crippen LogP contribution in [0.15, 0.2) is 77.9 Å². The number of rotatable bonds is 7. The molecular weight excluding hydrogens is 392 g/mol. The van der Waals surface area contributed by atoms with Crippen LogP contribution in [0.3, 0.4) is 0 Å². The van der Waals surface area contributed by atoms with Gasteiger partial charge in [0.15, 0.2) is 0 Å². The Kier molecular flexibility index (Phi) is 7.01. The highest BCUT2D eigenvalue weighted by Gasteiger charge is 2.12. The van der Waals surface area contributed by atoms with Crippen LogP contribution in [0.4, 0.5) is 17.1 Å². The second kappa shape index (κ2) is 10.1. The van der Waals surface area contributed by atoms with E-state index < -0.39 is 5.91 Å². The highest BCUT2D eigenvalue weighted by molar-refractivity contribution is 6.06. The Hall–Kier alpha value is -4.13. The summed E-state index contributed by atoms with van der Waals surface area (Å²) in [6.45, 7) is 3.35. The van der Waals surface area contributed by atoms with Crippen LogP contribution in [0.25, 0.3) is 0 Å². The summed E-state index contributed by atoms with van der Waals surface area (Å²) in [4.78, 5) is 24.4. The lowest BCUT2D eigenvalue weighted by molar-refractivity contribution is -0.115. The molecule has 0 heterocycles. The summed E-state index contributed by atoms with van der Waals surface area (Å²) in [7, 11) is 0. The summed E-state index contributed by atoms with van der Waals surface area (Å²) in [6.07, 6.45) is 0.0180. The highest BCUT2D eigenvalue weighted by Crippen LogP contribution is 2.21. The van der Waals surface area contributed by atoms with Crippen molar-refractivity contribution >= 4 is 34.6 Å². The van der Waals surface area contributed by atoms with Gasteiger partial charge in [0.2, 0.25) is 5.91 Å². The number of hydrazone groups is 1. The zero-order chi connectivity index (χ0) is 22.2. The lowest BCUT2D eigenvalue weighted by Crippen LogP contribution is -2.21. The predicted molar refractivity (Wildman–Crippen MR) is 123 cm³/mol. The zero-order valence-electron chi connectivity index (χ0n) is 17.3. The van der Waals surface area contributed by atoms with E-state index in [1.807, 2.05) is 42.5 Å². The minimum atomic E-state index is -0.539. The molecule has 0 bridgehead atoms. The minimum absolute atomic E-state index is 0.0180. The van der Waals surface area contributed by atoms with Crippen LogP contribution in [-0.4, -0.2) is 22.6 Å². The molecule has 0 fully saturated rings. The summed E-state index contributed by atoms with van der Waals surface area (Å²) in [5.41, 5.74) is 6.07. The predicted octanol–water partition coefficient (Wildman–Crippen LogP) is 4.58. The Morgan fingerprint density at radius 1 is 0.871 bits per heavy atom. The number of aryl methyl sites for hydroxylation is 1. The number of nitrogens with zero attached hydrogens (tertiary/aromatic N) is 1. The number of carbonyl (C=O) groups excluding carboxylic acids is 2. The van der Waals surface area contributed by atoms with Crippen LogP contribution in [0.5, 0.6) is 5.75 Å². The number of aromatic hydroxyl groups is 1. The average Bonchev–Trinajstić information content (AvgIpc) is 2.76. The molecule has 3 rings (SSSR count). The maximum absolute atomic E-state index is 12.3. The summed E-state index contributed by atoms with van der Waals surface area (Å²) >= 11 is 0. The number of phenolic OH excluding ortho intramolecular Hbond substituents is 1. The quantitative estimate of drug-likeness (QED) is 0.334. The number of hydrogen-bond donors (Lipinski definition) is 4. The van der Waals surface area contributed by atoms with E-state index in [-0.39, 0.29) is 23.6 Å². The molecule has 0 atom stereocenters. The van der Waals surface area contributed by atoms with Crippen LogP contribution in [0.1, 0.15) is 29.3 Å². The lowest BCUT2D eigenvalue weighted by Gasteiger charge is -2.09. The summed E-state index contributed by atoms with van der Waals surface area (Å²) < 4.78 is 0. The van der Waals surface area contributed by atoms with Crippen molar-refractivity contribution in [2.24, 2.45) is 5.10 Å². The van der Waals surface area contributed by atoms with Gasteiger partial charge in [0.1, 0.15) is 5.75 Å². The number of amides is 2. The monoisotopic (exact) mass is 416 g/mol. The first kappa shape index (κ1) is 21.6. The molecule has 0 spiro atoms. The van der Waals surface area contributed by atoms with Gasteiger partial charge in [0.25, 0.3) is 5.91 Å². The van der Waals surface area contributed by atoms with Crippen molar-refractivity contribution in [1.29, 1.82) is 0 Å². The number of carbonyl (C=O) groups is 2. The Morgan fingerprint density at radius 2 is 1.52 bits per heavy atom. The van der Waals surface area contributed by atoms with Crippen molar-refractivity contribution in [2.75, 3.05) is 10.6 Å². The topological polar surface area (TPSA) is 103 Å². The molecule has 0 aliphatic heterocycles. The van der Waals surface area contributed by atoms with E-state index in [1.54, 1.807) is 38.1 Å². The van der Waals surface area contributed by atoms with Gasteiger partial charge in [-0.15, -0.1) is 0 Å². The summed E-state index contributed by atoms with van der Waals surface area (Å²) in [5, 5.41) is 20.0. The molecule has 3 aromatic carbocycles. The molecule has 0 saturated heterocycles. The maximum Gasteiger partial charge on any atom is 0.275 e. The van der Waals surface area contributed by atoms with E-state index in [4.69, 9.17) is 0 Å². The number of para-hydroxylation sites is 2. The van der Waals surface area contributed by atoms with Crippen LogP contribution in [-0.2, 0) is 4.79 Å². The number of hydrogen-bond acceptors (Lipinski definition) is 5. The SMILES string of the molecule is CC(CC(=O)Nc1ccc(Nc2ccccc2)cc1)=NNC(=O)c1cccc(C)c1O. The molecular formula is C24H24N4O3. The molecule has 2 amide bonds. The zero-order valence-corrected chi connectivity index (χ0v) is 17.3. The van der Waals surface area contributed by atoms with E-state index in [0.717, 1.165) is 11.4 Å². The fraction of sp³-hybridized carbons (Fsp3) is 0.125. The van der Waals surface area contributed by atoms with E-state index in [2.05, 4.69) is 21.2 Å². The minimum Gasteiger partial charge on any atom is -0.507 e. The molecule has 0 aliphatic rings. The van der Waals surface area contributed by atoms with E-state index in [0.29, 0.717) is 17.0 Å². The van der Waals surface area contributed by atoms with Gasteiger partial charge in [-0.2, -0.15) is 5.10 Å². The first-order valence-electron chi connectivity index (χ1n) is 9.76. The lowest BCUT2D eigenvalue weighted by atomic mass is 10.1. The van der Waals surface area contributed by atoms with Crippen molar-refractivity contribution in [3.05, 3.63) is 83.9 Å². The fourth-order valence-corrected chi connectivity index (χ4v) is 2.85. The number of anilines is 3. The van der Waals surface area contributed by atoms with Crippen LogP contribution < -0.4 is 16.1 Å². The van der Waals surface area contributed by atoms with E-state index in [1.165, 1.54) is 6.07 Å². The van der Waals surface area contributed by atoms with Gasteiger partial charge in [-0.05, 0) is 61.9 Å². The van der Waals surface area contributed by atoms with Gasteiger partial charge >= 0.3 is 0 Å². The van der Waals surface area contributed by atoms with Gasteiger partial charge < -0.3 is 15.7 Å². The van der Waals surface area contributed by atoms with Crippen molar-refractivity contribution in [1.82, 2.24) is 5.43 Å². The largest absolute Gasteiger partial charge is 0.507 e. The van der Waals surface area contributed by atoms with Crippen LogP contribution in [0, 0.1) is 6.92 Å². The Balaban J connectivity index is 1.51. The van der Waals surface area contributed by atoms with Crippen molar-refractivity contribution in [3.8, 4) is 5.75 Å². The van der Waals surface area contributed by atoms with E-state index >= 15 is 0 Å². The second-order valence-corrected chi connectivity index (χ2v) is 7.05. The normalized spacial score (nSPS) is 11.0. The van der Waals surface area contributed by atoms with Crippen LogP contribution in [0.2, 0.25) is 0 Å². The molecule has 7 heteroatoms. The molecule has 0 unspecified atom stereocenters. The standard InChI is InChI=1S/C24H24N4O3/c1-16-7-6-10-21(23(16)30)24(31)28-27-17(2)15-22(29)26-20-13-11-19(12-14-20)25-18-8-4-3-5-9-18/h3-14,25,30H,15H2,1-2H3,(H,26,29)(H,28,31). The van der Waals surface area contributed by atoms with Gasteiger partial charge in [-0.3, -0.25) is 9.59 Å². The van der Waals surface area contributed by atoms with Gasteiger partial charge in [-0.1, -0.05) is 30.3 Å². The van der Waals surface area contributed by atoms with Crippen molar-refractivity contribution < 1.29 is 14.7 Å². The molecule has 31 heavy (non-hydrogen) atoms. The molecule has 0 aliphatic carbocycles. The Labute approximate surface area is 180 Å². The maximum atomic E-state index is 12.3. The Bertz CT molecular complexity index is 1090. The first-order chi connectivity index (χ1) is 14.9. The number of benzene rings is 3. The van der Waals surface area contributed by atoms with Gasteiger partial charge in [-0.25, -0.2) is 5.43 Å². The third-order valence-corrected chi connectivity index (χ3v) is 4.48. The summed E-state index contributed by atoms with van der Waals surface area (Å²) in [5.74, 6) is -0.879. The van der Waals surface area contributed by atoms with Crippen molar-refractivity contribution in [2.45, 2.75) is 20.3 Å². The Morgan fingerprint density at radius 3 is 2.23 bits per heavy atom. The molecule has 7 nitrogen and oxygen atoms in total. The molecule has 3 aromatic rings. The average molecular weight is 416 g/mol. The molecule has 0 saturated carbocycles. The number of phenols is 1. The van der Waals surface area contributed by atoms with Gasteiger partial charge in [0.05, 0.1) is 12.0 Å². The third-order valence-electron chi connectivity index (χ3n) is 4.48. The molecule has 4 N–H and O–H groups in total. The highest BCUT2D eigenvalue weighted by atomic mass is 16.3. The second-order valence-electron chi connectivity index (χ2n) is 7.05. The van der Waals surface area contributed by atoms with E-state index in [9.17, 15) is 14.7 Å². The molecule has 0 radical (unpaired) electrons. The van der Waals surface area contributed by atoms with Gasteiger partial charge in [0, 0.05) is 22.8 Å². The molecule has 0 aromatic heterocycles. The van der Waals surface area contributed by atoms with Crippen LogP contribution >= 0.6 is 0 Å². The first-order valence-corrected chi connectivity index (χ1v) is 9.76. The number of nitrogens with one attached hydrogen (secondary N) is 3. The van der Waals surface area contributed by atoms with Crippen molar-refractivity contribution in [3.63, 3.8) is 0 Å².